The van der Waals surface area contributed by atoms with E-state index in [0.29, 0.717) is 38.2 Å². The lowest BCUT2D eigenvalue weighted by Crippen LogP contribution is -2.33. The van der Waals surface area contributed by atoms with Gasteiger partial charge in [0.15, 0.2) is 0 Å². The fourth-order valence-corrected chi connectivity index (χ4v) is 3.83. The molecule has 2 aromatic carbocycles. The molecular formula is C24H26N4O3. The van der Waals surface area contributed by atoms with E-state index in [1.165, 1.54) is 6.92 Å². The van der Waals surface area contributed by atoms with Crippen LogP contribution in [0.5, 0.6) is 5.75 Å². The summed E-state index contributed by atoms with van der Waals surface area (Å²) in [6.07, 6.45) is 2.58. The molecule has 0 aliphatic carbocycles. The Kier molecular flexibility index (Phi) is 6.02. The van der Waals surface area contributed by atoms with Gasteiger partial charge in [-0.15, -0.1) is 0 Å². The summed E-state index contributed by atoms with van der Waals surface area (Å²) >= 11 is 0. The summed E-state index contributed by atoms with van der Waals surface area (Å²) in [4.78, 5) is 30.7. The zero-order valence-electron chi connectivity index (χ0n) is 17.8. The first-order valence-corrected chi connectivity index (χ1v) is 10.5. The van der Waals surface area contributed by atoms with E-state index in [1.54, 1.807) is 0 Å². The maximum Gasteiger partial charge on any atom is 0.253 e. The molecule has 160 valence electrons. The van der Waals surface area contributed by atoms with Crippen LogP contribution in [-0.4, -0.2) is 46.0 Å². The van der Waals surface area contributed by atoms with E-state index in [9.17, 15) is 9.59 Å². The molecule has 3 aromatic rings. The van der Waals surface area contributed by atoms with Crippen molar-refractivity contribution in [2.75, 3.05) is 25.0 Å². The van der Waals surface area contributed by atoms with E-state index in [2.05, 4.69) is 14.9 Å². The summed E-state index contributed by atoms with van der Waals surface area (Å²) in [6.45, 7) is 5.96. The fourth-order valence-electron chi connectivity index (χ4n) is 3.83. The number of rotatable bonds is 5. The van der Waals surface area contributed by atoms with Gasteiger partial charge in [0.1, 0.15) is 11.6 Å². The first-order valence-electron chi connectivity index (χ1n) is 10.5. The van der Waals surface area contributed by atoms with Gasteiger partial charge in [-0.25, -0.2) is 4.98 Å². The van der Waals surface area contributed by atoms with Crippen LogP contribution in [0, 0.1) is 0 Å². The molecule has 2 heterocycles. The average molecular weight is 418 g/mol. The third-order valence-corrected chi connectivity index (χ3v) is 5.34. The maximum atomic E-state index is 13.0. The summed E-state index contributed by atoms with van der Waals surface area (Å²) < 4.78 is 7.64. The molecule has 7 heteroatoms. The smallest absolute Gasteiger partial charge is 0.253 e. The van der Waals surface area contributed by atoms with Crippen LogP contribution in [0.1, 0.15) is 30.0 Å². The van der Waals surface area contributed by atoms with Crippen LogP contribution < -0.4 is 10.1 Å². The van der Waals surface area contributed by atoms with Crippen molar-refractivity contribution in [2.24, 2.45) is 0 Å². The lowest BCUT2D eigenvalue weighted by molar-refractivity contribution is -0.114. The van der Waals surface area contributed by atoms with Crippen molar-refractivity contribution in [1.82, 2.24) is 14.5 Å². The molecule has 7 nitrogen and oxygen atoms in total. The highest BCUT2D eigenvalue weighted by Gasteiger charge is 2.22. The molecule has 0 fully saturated rings. The number of fused-ring (bicyclic) bond motifs is 1. The number of amides is 2. The number of nitrogens with one attached hydrogen (secondary N) is 1. The van der Waals surface area contributed by atoms with E-state index in [0.717, 1.165) is 28.5 Å². The topological polar surface area (TPSA) is 76.5 Å². The minimum absolute atomic E-state index is 0.0232. The third kappa shape index (κ3) is 4.60. The van der Waals surface area contributed by atoms with Crippen molar-refractivity contribution < 1.29 is 14.3 Å². The Labute approximate surface area is 181 Å². The van der Waals surface area contributed by atoms with Crippen molar-refractivity contribution in [2.45, 2.75) is 26.8 Å². The van der Waals surface area contributed by atoms with Crippen LogP contribution >= 0.6 is 0 Å². The predicted molar refractivity (Wildman–Crippen MR) is 119 cm³/mol. The molecule has 0 atom stereocenters. The Morgan fingerprint density at radius 1 is 1.03 bits per heavy atom. The maximum absolute atomic E-state index is 13.0. The van der Waals surface area contributed by atoms with Gasteiger partial charge in [-0.1, -0.05) is 12.1 Å². The number of imidazole rings is 1. The SMILES string of the molecule is CCOc1ccc(C(=O)N2CCc3ncc(-c4ccc(NC(C)=O)cc4)n3CC2)cc1. The normalized spacial score (nSPS) is 13.3. The number of aromatic nitrogens is 2. The number of benzene rings is 2. The summed E-state index contributed by atoms with van der Waals surface area (Å²) in [5.74, 6) is 1.67. The second-order valence-electron chi connectivity index (χ2n) is 7.47. The number of ether oxygens (including phenoxy) is 1. The molecule has 1 aromatic heterocycles. The first-order chi connectivity index (χ1) is 15.0. The monoisotopic (exact) mass is 418 g/mol. The molecule has 0 bridgehead atoms. The lowest BCUT2D eigenvalue weighted by atomic mass is 10.1. The summed E-state index contributed by atoms with van der Waals surface area (Å²) in [6, 6.07) is 15.0. The molecule has 0 spiro atoms. The Balaban J connectivity index is 1.47. The van der Waals surface area contributed by atoms with Gasteiger partial charge in [0, 0.05) is 44.2 Å². The molecule has 1 aliphatic rings. The average Bonchev–Trinajstić information content (AvgIpc) is 3.05. The highest BCUT2D eigenvalue weighted by molar-refractivity contribution is 5.94. The van der Waals surface area contributed by atoms with E-state index in [4.69, 9.17) is 4.74 Å². The molecule has 1 N–H and O–H groups in total. The molecule has 1 aliphatic heterocycles. The van der Waals surface area contributed by atoms with Crippen LogP contribution in [-0.2, 0) is 17.8 Å². The van der Waals surface area contributed by atoms with E-state index >= 15 is 0 Å². The zero-order valence-corrected chi connectivity index (χ0v) is 17.8. The number of nitrogens with zero attached hydrogens (tertiary/aromatic N) is 3. The summed E-state index contributed by atoms with van der Waals surface area (Å²) in [5.41, 5.74) is 3.47. The van der Waals surface area contributed by atoms with Crippen LogP contribution in [0.15, 0.2) is 54.7 Å². The van der Waals surface area contributed by atoms with Crippen LogP contribution in [0.3, 0.4) is 0 Å². The predicted octanol–water partition coefficient (Wildman–Crippen LogP) is 3.61. The second kappa shape index (κ2) is 9.04. The van der Waals surface area contributed by atoms with Crippen molar-refractivity contribution >= 4 is 17.5 Å². The van der Waals surface area contributed by atoms with E-state index in [-0.39, 0.29) is 11.8 Å². The molecular weight excluding hydrogens is 392 g/mol. The van der Waals surface area contributed by atoms with Crippen molar-refractivity contribution in [3.05, 3.63) is 66.1 Å². The van der Waals surface area contributed by atoms with Gasteiger partial charge in [-0.3, -0.25) is 9.59 Å². The lowest BCUT2D eigenvalue weighted by Gasteiger charge is -2.20. The Morgan fingerprint density at radius 2 is 1.77 bits per heavy atom. The van der Waals surface area contributed by atoms with Gasteiger partial charge >= 0.3 is 0 Å². The number of anilines is 1. The quantitative estimate of drug-likeness (QED) is 0.687. The number of hydrogen-bond acceptors (Lipinski definition) is 4. The Morgan fingerprint density at radius 3 is 2.45 bits per heavy atom. The molecule has 0 saturated carbocycles. The zero-order chi connectivity index (χ0) is 21.8. The van der Waals surface area contributed by atoms with Crippen LogP contribution in [0.25, 0.3) is 11.3 Å². The second-order valence-corrected chi connectivity index (χ2v) is 7.47. The van der Waals surface area contributed by atoms with Gasteiger partial charge in [-0.2, -0.15) is 0 Å². The van der Waals surface area contributed by atoms with Gasteiger partial charge in [-0.05, 0) is 48.9 Å². The standard InChI is InChI=1S/C24H26N4O3/c1-3-31-21-10-6-19(7-11-21)24(30)27-13-12-23-25-16-22(28(23)15-14-27)18-4-8-20(9-5-18)26-17(2)29/h4-11,16H,3,12-15H2,1-2H3,(H,26,29). The third-order valence-electron chi connectivity index (χ3n) is 5.34. The van der Waals surface area contributed by atoms with Crippen molar-refractivity contribution in [3.63, 3.8) is 0 Å². The highest BCUT2D eigenvalue weighted by Crippen LogP contribution is 2.25. The summed E-state index contributed by atoms with van der Waals surface area (Å²) in [5, 5.41) is 2.78. The van der Waals surface area contributed by atoms with Gasteiger partial charge < -0.3 is 19.5 Å². The molecule has 2 amide bonds. The Hall–Kier alpha value is -3.61. The largest absolute Gasteiger partial charge is 0.494 e. The first kappa shape index (κ1) is 20.7. The number of carbonyl (C=O) groups is 2. The van der Waals surface area contributed by atoms with Crippen molar-refractivity contribution in [3.8, 4) is 17.0 Å². The van der Waals surface area contributed by atoms with Gasteiger partial charge in [0.25, 0.3) is 5.91 Å². The Bertz CT molecular complexity index is 1070. The van der Waals surface area contributed by atoms with E-state index in [1.807, 2.05) is 66.6 Å². The molecule has 31 heavy (non-hydrogen) atoms. The van der Waals surface area contributed by atoms with Crippen LogP contribution in [0.4, 0.5) is 5.69 Å². The minimum Gasteiger partial charge on any atom is -0.494 e. The number of hydrogen-bond donors (Lipinski definition) is 1. The van der Waals surface area contributed by atoms with E-state index < -0.39 is 0 Å². The van der Waals surface area contributed by atoms with Crippen molar-refractivity contribution in [1.29, 1.82) is 0 Å². The molecule has 4 rings (SSSR count). The molecule has 0 unspecified atom stereocenters. The minimum atomic E-state index is -0.0942. The molecule has 0 saturated heterocycles. The molecule has 0 radical (unpaired) electrons. The highest BCUT2D eigenvalue weighted by atomic mass is 16.5. The van der Waals surface area contributed by atoms with Crippen LogP contribution in [0.2, 0.25) is 0 Å². The number of carbonyl (C=O) groups excluding carboxylic acids is 2. The van der Waals surface area contributed by atoms with Gasteiger partial charge in [0.2, 0.25) is 5.91 Å². The summed E-state index contributed by atoms with van der Waals surface area (Å²) in [7, 11) is 0. The van der Waals surface area contributed by atoms with Gasteiger partial charge in [0.05, 0.1) is 18.5 Å². The fraction of sp³-hybridized carbons (Fsp3) is 0.292.